The van der Waals surface area contributed by atoms with Crippen molar-refractivity contribution in [1.29, 1.82) is 0 Å². The molecule has 2 N–H and O–H groups in total. The minimum atomic E-state index is -0.114. The van der Waals surface area contributed by atoms with E-state index in [1.165, 1.54) is 0 Å². The van der Waals surface area contributed by atoms with Gasteiger partial charge in [-0.3, -0.25) is 4.79 Å². The summed E-state index contributed by atoms with van der Waals surface area (Å²) >= 11 is 5.71. The zero-order chi connectivity index (χ0) is 21.6. The molecular weight excluding hydrogens is 410 g/mol. The topological polar surface area (TPSA) is 66.6 Å². The number of hydrogen-bond acceptors (Lipinski definition) is 4. The van der Waals surface area contributed by atoms with E-state index >= 15 is 0 Å². The summed E-state index contributed by atoms with van der Waals surface area (Å²) in [5, 5.41) is 4.79. The molecule has 0 spiro atoms. The highest BCUT2D eigenvalue weighted by molar-refractivity contribution is 7.80. The largest absolute Gasteiger partial charge is 0.494 e. The number of aromatic nitrogens is 1. The molecule has 0 bridgehead atoms. The number of nitrogens with zero attached hydrogens (tertiary/aromatic N) is 1. The lowest BCUT2D eigenvalue weighted by Gasteiger charge is -2.28. The monoisotopic (exact) mass is 437 g/mol. The fourth-order valence-electron chi connectivity index (χ4n) is 3.79. The van der Waals surface area contributed by atoms with Crippen LogP contribution in [0.3, 0.4) is 0 Å². The Labute approximate surface area is 187 Å². The summed E-state index contributed by atoms with van der Waals surface area (Å²) in [6, 6.07) is 17.4. The van der Waals surface area contributed by atoms with Gasteiger partial charge in [0.15, 0.2) is 5.11 Å². The van der Waals surface area contributed by atoms with Crippen LogP contribution in [0.5, 0.6) is 5.75 Å². The third kappa shape index (κ3) is 5.42. The standard InChI is InChI=1S/C24H27N3O3S/c1-2-29-20-10-11-22-17(14-20)13-18(23(28)26-22)15-27(16-21-9-6-12-30-21)24(31)25-19-7-4-3-5-8-19/h3-5,7-8,10-11,13-14,21H,2,6,9,12,15-16H2,1H3,(H,25,31)(H,26,28)/t21-/m1/s1. The Morgan fingerprint density at radius 3 is 2.84 bits per heavy atom. The van der Waals surface area contributed by atoms with Crippen molar-refractivity contribution < 1.29 is 9.47 Å². The molecule has 1 saturated heterocycles. The van der Waals surface area contributed by atoms with Crippen LogP contribution in [0.4, 0.5) is 5.69 Å². The number of anilines is 1. The van der Waals surface area contributed by atoms with Gasteiger partial charge >= 0.3 is 0 Å². The highest BCUT2D eigenvalue weighted by atomic mass is 32.1. The molecule has 162 valence electrons. The molecule has 1 aliphatic rings. The Kier molecular flexibility index (Phi) is 6.84. The maximum absolute atomic E-state index is 12.8. The van der Waals surface area contributed by atoms with Crippen LogP contribution in [0.1, 0.15) is 25.3 Å². The lowest BCUT2D eigenvalue weighted by molar-refractivity contribution is 0.0904. The van der Waals surface area contributed by atoms with Crippen LogP contribution in [0, 0.1) is 0 Å². The average molecular weight is 438 g/mol. The molecule has 0 radical (unpaired) electrons. The molecule has 6 nitrogen and oxygen atoms in total. The molecule has 0 unspecified atom stereocenters. The van der Waals surface area contributed by atoms with Crippen LogP contribution in [0.25, 0.3) is 10.9 Å². The van der Waals surface area contributed by atoms with Crippen molar-refractivity contribution in [2.75, 3.05) is 25.1 Å². The number of aromatic amines is 1. The number of rotatable bonds is 7. The van der Waals surface area contributed by atoms with E-state index in [4.69, 9.17) is 21.7 Å². The highest BCUT2D eigenvalue weighted by Crippen LogP contribution is 2.21. The fourth-order valence-corrected chi connectivity index (χ4v) is 4.04. The number of ether oxygens (including phenoxy) is 2. The lowest BCUT2D eigenvalue weighted by atomic mass is 10.1. The van der Waals surface area contributed by atoms with Crippen LogP contribution in [0.15, 0.2) is 59.4 Å². The molecule has 0 saturated carbocycles. The van der Waals surface area contributed by atoms with Gasteiger partial charge in [-0.25, -0.2) is 0 Å². The van der Waals surface area contributed by atoms with E-state index in [-0.39, 0.29) is 11.7 Å². The summed E-state index contributed by atoms with van der Waals surface area (Å²) in [4.78, 5) is 17.8. The Morgan fingerprint density at radius 1 is 1.26 bits per heavy atom. The number of pyridine rings is 1. The van der Waals surface area contributed by atoms with Crippen molar-refractivity contribution in [2.45, 2.75) is 32.4 Å². The molecule has 1 fully saturated rings. The second-order valence-corrected chi connectivity index (χ2v) is 8.00. The zero-order valence-corrected chi connectivity index (χ0v) is 18.4. The Morgan fingerprint density at radius 2 is 2.10 bits per heavy atom. The van der Waals surface area contributed by atoms with Gasteiger partial charge in [0.2, 0.25) is 0 Å². The minimum Gasteiger partial charge on any atom is -0.494 e. The normalized spacial score (nSPS) is 15.7. The van der Waals surface area contributed by atoms with Gasteiger partial charge in [0.25, 0.3) is 5.56 Å². The molecule has 1 aromatic heterocycles. The number of fused-ring (bicyclic) bond motifs is 1. The van der Waals surface area contributed by atoms with Crippen molar-refractivity contribution in [3.05, 3.63) is 70.5 Å². The Balaban J connectivity index is 1.60. The van der Waals surface area contributed by atoms with Crippen LogP contribution in [-0.2, 0) is 11.3 Å². The second kappa shape index (κ2) is 9.94. The number of hydrogen-bond donors (Lipinski definition) is 2. The molecule has 2 heterocycles. The van der Waals surface area contributed by atoms with Gasteiger partial charge in [-0.2, -0.15) is 0 Å². The van der Waals surface area contributed by atoms with Gasteiger partial charge in [0, 0.05) is 35.3 Å². The zero-order valence-electron chi connectivity index (χ0n) is 17.6. The van der Waals surface area contributed by atoms with Crippen LogP contribution in [0.2, 0.25) is 0 Å². The quantitative estimate of drug-likeness (QED) is 0.537. The van der Waals surface area contributed by atoms with E-state index < -0.39 is 0 Å². The summed E-state index contributed by atoms with van der Waals surface area (Å²) in [5.41, 5.74) is 2.24. The molecule has 4 rings (SSSR count). The lowest BCUT2D eigenvalue weighted by Crippen LogP contribution is -2.40. The van der Waals surface area contributed by atoms with Crippen molar-refractivity contribution >= 4 is 33.9 Å². The smallest absolute Gasteiger partial charge is 0.253 e. The first-order valence-electron chi connectivity index (χ1n) is 10.6. The molecule has 0 amide bonds. The van der Waals surface area contributed by atoms with Gasteiger partial charge in [0.1, 0.15) is 5.75 Å². The molecule has 2 aromatic carbocycles. The average Bonchev–Trinajstić information content (AvgIpc) is 3.28. The molecule has 0 aliphatic carbocycles. The first kappa shape index (κ1) is 21.3. The van der Waals surface area contributed by atoms with E-state index in [1.54, 1.807) is 0 Å². The third-order valence-corrected chi connectivity index (χ3v) is 5.69. The second-order valence-electron chi connectivity index (χ2n) is 7.62. The molecular formula is C24H27N3O3S. The van der Waals surface area contributed by atoms with Crippen LogP contribution < -0.4 is 15.6 Å². The van der Waals surface area contributed by atoms with E-state index in [0.29, 0.717) is 30.4 Å². The van der Waals surface area contributed by atoms with E-state index in [9.17, 15) is 4.79 Å². The van der Waals surface area contributed by atoms with Gasteiger partial charge < -0.3 is 24.7 Å². The van der Waals surface area contributed by atoms with Crippen molar-refractivity contribution in [1.82, 2.24) is 9.88 Å². The number of H-pyrrole nitrogens is 1. The minimum absolute atomic E-state index is 0.111. The number of nitrogens with one attached hydrogen (secondary N) is 2. The Bertz CT molecular complexity index is 1090. The van der Waals surface area contributed by atoms with Crippen LogP contribution in [-0.4, -0.2) is 40.9 Å². The van der Waals surface area contributed by atoms with Crippen LogP contribution >= 0.6 is 12.2 Å². The summed E-state index contributed by atoms with van der Waals surface area (Å²) < 4.78 is 11.4. The summed E-state index contributed by atoms with van der Waals surface area (Å²) in [6.07, 6.45) is 2.16. The summed E-state index contributed by atoms with van der Waals surface area (Å²) in [6.45, 7) is 4.34. The number of thiocarbonyl (C=S) groups is 1. The highest BCUT2D eigenvalue weighted by Gasteiger charge is 2.22. The first-order chi connectivity index (χ1) is 15.1. The molecule has 31 heavy (non-hydrogen) atoms. The van der Waals surface area contributed by atoms with Gasteiger partial charge in [0.05, 0.1) is 19.3 Å². The van der Waals surface area contributed by atoms with Gasteiger partial charge in [-0.15, -0.1) is 0 Å². The third-order valence-electron chi connectivity index (χ3n) is 5.33. The van der Waals surface area contributed by atoms with Crippen molar-refractivity contribution in [3.8, 4) is 5.75 Å². The molecule has 3 aromatic rings. The number of para-hydroxylation sites is 1. The van der Waals surface area contributed by atoms with E-state index in [1.807, 2.05) is 66.4 Å². The van der Waals surface area contributed by atoms with E-state index in [2.05, 4.69) is 10.3 Å². The predicted octanol–water partition coefficient (Wildman–Crippen LogP) is 4.30. The van der Waals surface area contributed by atoms with Gasteiger partial charge in [-0.05, 0) is 68.4 Å². The first-order valence-corrected chi connectivity index (χ1v) is 11.0. The Hall–Kier alpha value is -2.90. The van der Waals surface area contributed by atoms with Gasteiger partial charge in [-0.1, -0.05) is 18.2 Å². The molecule has 1 atom stereocenters. The molecule has 1 aliphatic heterocycles. The van der Waals surface area contributed by atoms with E-state index in [0.717, 1.165) is 41.8 Å². The summed E-state index contributed by atoms with van der Waals surface area (Å²) in [5.74, 6) is 0.783. The fraction of sp³-hybridized carbons (Fsp3) is 0.333. The van der Waals surface area contributed by atoms with Crippen molar-refractivity contribution in [3.63, 3.8) is 0 Å². The predicted molar refractivity (Wildman–Crippen MR) is 128 cm³/mol. The summed E-state index contributed by atoms with van der Waals surface area (Å²) in [7, 11) is 0. The molecule has 7 heteroatoms. The SMILES string of the molecule is CCOc1ccc2[nH]c(=O)c(CN(C[C@H]3CCCO3)C(=S)Nc3ccccc3)cc2c1. The number of benzene rings is 2. The maximum Gasteiger partial charge on any atom is 0.253 e. The van der Waals surface area contributed by atoms with Crippen molar-refractivity contribution in [2.24, 2.45) is 0 Å². The maximum atomic E-state index is 12.8.